The molecule has 1 aliphatic rings. The van der Waals surface area contributed by atoms with Gasteiger partial charge < -0.3 is 14.2 Å². The molecule has 2 aromatic rings. The zero-order chi connectivity index (χ0) is 17.6. The molecular formula is C17H22N4O3S. The van der Waals surface area contributed by atoms with Crippen LogP contribution in [0, 0.1) is 4.77 Å². The lowest BCUT2D eigenvalue weighted by Gasteiger charge is -2.10. The molecule has 1 N–H and O–H groups in total. The number of aromatic nitrogens is 3. The molecule has 0 radical (unpaired) electrons. The third-order valence-corrected chi connectivity index (χ3v) is 4.13. The topological polar surface area (TPSA) is 73.7 Å². The van der Waals surface area contributed by atoms with E-state index in [1.54, 1.807) is 18.0 Å². The lowest BCUT2D eigenvalue weighted by Crippen LogP contribution is -2.05. The standard InChI is InChI=1S/C17H22N4O3S/c1-3-8-23-13-7-6-12(10-15(13)22-2)11-18-21-16(19-20-17(21)25)14-5-4-9-24-14/h6-7,10-11,14H,3-5,8-9H2,1-2H3,(H,20,25)/b18-11-. The Morgan fingerprint density at radius 3 is 3.08 bits per heavy atom. The largest absolute Gasteiger partial charge is 0.493 e. The summed E-state index contributed by atoms with van der Waals surface area (Å²) in [6.45, 7) is 3.46. The molecule has 7 nitrogen and oxygen atoms in total. The van der Waals surface area contributed by atoms with Crippen molar-refractivity contribution in [3.8, 4) is 11.5 Å². The van der Waals surface area contributed by atoms with Gasteiger partial charge in [-0.2, -0.15) is 14.9 Å². The Hall–Kier alpha value is -2.19. The fourth-order valence-electron chi connectivity index (χ4n) is 2.63. The van der Waals surface area contributed by atoms with E-state index in [2.05, 4.69) is 22.2 Å². The van der Waals surface area contributed by atoms with Gasteiger partial charge in [0.05, 0.1) is 19.9 Å². The maximum absolute atomic E-state index is 5.67. The summed E-state index contributed by atoms with van der Waals surface area (Å²) in [5, 5.41) is 11.5. The van der Waals surface area contributed by atoms with Crippen molar-refractivity contribution in [3.05, 3.63) is 34.4 Å². The number of nitrogens with one attached hydrogen (secondary N) is 1. The van der Waals surface area contributed by atoms with Crippen molar-refractivity contribution in [2.45, 2.75) is 32.3 Å². The molecule has 0 amide bonds. The summed E-state index contributed by atoms with van der Waals surface area (Å²) < 4.78 is 18.8. The molecule has 134 valence electrons. The molecule has 8 heteroatoms. The predicted molar refractivity (Wildman–Crippen MR) is 97.1 cm³/mol. The van der Waals surface area contributed by atoms with Gasteiger partial charge in [-0.1, -0.05) is 6.92 Å². The van der Waals surface area contributed by atoms with Gasteiger partial charge in [-0.3, -0.25) is 5.10 Å². The monoisotopic (exact) mass is 362 g/mol. The molecule has 1 aromatic heterocycles. The van der Waals surface area contributed by atoms with Crippen LogP contribution in [0.1, 0.15) is 43.7 Å². The van der Waals surface area contributed by atoms with Crippen LogP contribution >= 0.6 is 12.2 Å². The number of aromatic amines is 1. The number of H-pyrrole nitrogens is 1. The molecule has 0 bridgehead atoms. The average molecular weight is 362 g/mol. The lowest BCUT2D eigenvalue weighted by molar-refractivity contribution is 0.102. The van der Waals surface area contributed by atoms with Crippen molar-refractivity contribution in [1.29, 1.82) is 0 Å². The molecule has 1 aliphatic heterocycles. The van der Waals surface area contributed by atoms with Gasteiger partial charge in [0.25, 0.3) is 0 Å². The van der Waals surface area contributed by atoms with E-state index >= 15 is 0 Å². The quantitative estimate of drug-likeness (QED) is 0.603. The Morgan fingerprint density at radius 1 is 1.48 bits per heavy atom. The highest BCUT2D eigenvalue weighted by Crippen LogP contribution is 2.28. The van der Waals surface area contributed by atoms with Crippen LogP contribution in [0.4, 0.5) is 0 Å². The number of hydrogen-bond donors (Lipinski definition) is 1. The second-order valence-electron chi connectivity index (χ2n) is 5.70. The zero-order valence-corrected chi connectivity index (χ0v) is 15.2. The molecule has 0 saturated carbocycles. The molecule has 1 saturated heterocycles. The fourth-order valence-corrected chi connectivity index (χ4v) is 2.81. The van der Waals surface area contributed by atoms with Crippen LogP contribution in [0.3, 0.4) is 0 Å². The number of nitrogens with zero attached hydrogens (tertiary/aromatic N) is 3. The van der Waals surface area contributed by atoms with E-state index in [4.69, 9.17) is 26.4 Å². The molecule has 0 spiro atoms. The second-order valence-corrected chi connectivity index (χ2v) is 6.09. The van der Waals surface area contributed by atoms with E-state index in [0.29, 0.717) is 23.0 Å². The molecular weight excluding hydrogens is 340 g/mol. The van der Waals surface area contributed by atoms with E-state index in [-0.39, 0.29) is 6.10 Å². The van der Waals surface area contributed by atoms with Gasteiger partial charge in [0.2, 0.25) is 4.77 Å². The van der Waals surface area contributed by atoms with Gasteiger partial charge in [-0.25, -0.2) is 0 Å². The highest BCUT2D eigenvalue weighted by Gasteiger charge is 2.23. The van der Waals surface area contributed by atoms with Crippen molar-refractivity contribution in [1.82, 2.24) is 14.9 Å². The van der Waals surface area contributed by atoms with Crippen molar-refractivity contribution in [2.75, 3.05) is 20.3 Å². The summed E-state index contributed by atoms with van der Waals surface area (Å²) in [4.78, 5) is 0. The molecule has 0 aliphatic carbocycles. The minimum absolute atomic E-state index is 0.0653. The molecule has 1 unspecified atom stereocenters. The Bertz CT molecular complexity index is 793. The van der Waals surface area contributed by atoms with Gasteiger partial charge in [-0.05, 0) is 55.2 Å². The summed E-state index contributed by atoms with van der Waals surface area (Å²) in [7, 11) is 1.62. The zero-order valence-electron chi connectivity index (χ0n) is 14.4. The Morgan fingerprint density at radius 2 is 2.36 bits per heavy atom. The normalized spacial score (nSPS) is 17.3. The first-order valence-electron chi connectivity index (χ1n) is 8.37. The van der Waals surface area contributed by atoms with E-state index in [0.717, 1.165) is 37.2 Å². The summed E-state index contributed by atoms with van der Waals surface area (Å²) >= 11 is 5.27. The van der Waals surface area contributed by atoms with Gasteiger partial charge in [0.1, 0.15) is 6.10 Å². The van der Waals surface area contributed by atoms with Gasteiger partial charge in [-0.15, -0.1) is 0 Å². The summed E-state index contributed by atoms with van der Waals surface area (Å²) in [6, 6.07) is 5.68. The van der Waals surface area contributed by atoms with Crippen LogP contribution in [0.25, 0.3) is 0 Å². The third kappa shape index (κ3) is 4.08. The number of benzene rings is 1. The maximum atomic E-state index is 5.67. The molecule has 1 fully saturated rings. The van der Waals surface area contributed by atoms with Gasteiger partial charge >= 0.3 is 0 Å². The van der Waals surface area contributed by atoms with E-state index in [9.17, 15) is 0 Å². The van der Waals surface area contributed by atoms with E-state index in [1.165, 1.54) is 0 Å². The summed E-state index contributed by atoms with van der Waals surface area (Å²) in [5.74, 6) is 2.10. The molecule has 25 heavy (non-hydrogen) atoms. The highest BCUT2D eigenvalue weighted by molar-refractivity contribution is 7.71. The minimum Gasteiger partial charge on any atom is -0.493 e. The van der Waals surface area contributed by atoms with Gasteiger partial charge in [0, 0.05) is 6.61 Å². The predicted octanol–water partition coefficient (Wildman–Crippen LogP) is 3.47. The maximum Gasteiger partial charge on any atom is 0.216 e. The summed E-state index contributed by atoms with van der Waals surface area (Å²) in [6.07, 6.45) is 4.54. The highest BCUT2D eigenvalue weighted by atomic mass is 32.1. The minimum atomic E-state index is -0.0653. The van der Waals surface area contributed by atoms with Crippen LogP contribution < -0.4 is 9.47 Å². The average Bonchev–Trinajstić information content (AvgIpc) is 3.28. The number of hydrogen-bond acceptors (Lipinski definition) is 6. The number of ether oxygens (including phenoxy) is 3. The van der Waals surface area contributed by atoms with Crippen molar-refractivity contribution >= 4 is 18.4 Å². The van der Waals surface area contributed by atoms with Crippen LogP contribution in [-0.4, -0.2) is 41.4 Å². The van der Waals surface area contributed by atoms with E-state index < -0.39 is 0 Å². The Labute approximate surface area is 151 Å². The number of rotatable bonds is 7. The van der Waals surface area contributed by atoms with Gasteiger partial charge in [0.15, 0.2) is 17.3 Å². The second kappa shape index (κ2) is 8.26. The van der Waals surface area contributed by atoms with Crippen LogP contribution in [-0.2, 0) is 4.74 Å². The first-order chi connectivity index (χ1) is 12.2. The Kier molecular flexibility index (Phi) is 5.83. The first-order valence-corrected chi connectivity index (χ1v) is 8.78. The lowest BCUT2D eigenvalue weighted by atomic mass is 10.2. The van der Waals surface area contributed by atoms with Crippen molar-refractivity contribution in [2.24, 2.45) is 5.10 Å². The third-order valence-electron chi connectivity index (χ3n) is 3.86. The van der Waals surface area contributed by atoms with Crippen molar-refractivity contribution < 1.29 is 14.2 Å². The summed E-state index contributed by atoms with van der Waals surface area (Å²) in [5.41, 5.74) is 0.877. The Balaban J connectivity index is 1.82. The fraction of sp³-hybridized carbons (Fsp3) is 0.471. The van der Waals surface area contributed by atoms with Crippen LogP contribution in [0.15, 0.2) is 23.3 Å². The SMILES string of the molecule is CCCOc1ccc(/C=N\n2c(C3CCCO3)n[nH]c2=S)cc1OC. The smallest absolute Gasteiger partial charge is 0.216 e. The molecule has 1 atom stereocenters. The molecule has 1 aromatic carbocycles. The number of methoxy groups -OCH3 is 1. The van der Waals surface area contributed by atoms with Crippen LogP contribution in [0.5, 0.6) is 11.5 Å². The first kappa shape index (κ1) is 17.6. The molecule has 3 rings (SSSR count). The van der Waals surface area contributed by atoms with Crippen molar-refractivity contribution in [3.63, 3.8) is 0 Å². The van der Waals surface area contributed by atoms with Crippen LogP contribution in [0.2, 0.25) is 0 Å². The van der Waals surface area contributed by atoms with E-state index in [1.807, 2.05) is 18.2 Å². The molecule has 2 heterocycles.